The second-order valence-electron chi connectivity index (χ2n) is 4.36. The zero-order chi connectivity index (χ0) is 14.3. The van der Waals surface area contributed by atoms with Crippen LogP contribution in [0.15, 0.2) is 18.2 Å². The number of fused-ring (bicyclic) bond motifs is 1. The molecular weight excluding hydrogens is 264 g/mol. The lowest BCUT2D eigenvalue weighted by atomic mass is 10.1. The predicted octanol–water partition coefficient (Wildman–Crippen LogP) is 1.26. The minimum Gasteiger partial charge on any atom is -0.507 e. The van der Waals surface area contributed by atoms with Crippen molar-refractivity contribution in [1.82, 2.24) is 9.78 Å². The van der Waals surface area contributed by atoms with Gasteiger partial charge in [0.25, 0.3) is 0 Å². The lowest BCUT2D eigenvalue weighted by molar-refractivity contribution is 0.0689. The molecule has 1 aliphatic heterocycles. The molecule has 7 nitrogen and oxygen atoms in total. The fraction of sp³-hybridized carbons (Fsp3) is 0.231. The molecule has 0 amide bonds. The Morgan fingerprint density at radius 3 is 2.50 bits per heavy atom. The molecule has 2 heterocycles. The zero-order valence-corrected chi connectivity index (χ0v) is 10.7. The van der Waals surface area contributed by atoms with Gasteiger partial charge < -0.3 is 19.7 Å². The number of hydrogen-bond acceptors (Lipinski definition) is 5. The molecule has 104 valence electrons. The van der Waals surface area contributed by atoms with E-state index in [9.17, 15) is 9.90 Å². The number of carboxylic acid groups (broad SMARTS) is 1. The average Bonchev–Trinajstić information content (AvgIpc) is 2.80. The predicted molar refractivity (Wildman–Crippen MR) is 68.3 cm³/mol. The van der Waals surface area contributed by atoms with Crippen molar-refractivity contribution >= 4 is 5.97 Å². The molecule has 0 saturated carbocycles. The van der Waals surface area contributed by atoms with E-state index in [0.29, 0.717) is 36.0 Å². The van der Waals surface area contributed by atoms with Crippen molar-refractivity contribution in [2.45, 2.75) is 0 Å². The second-order valence-corrected chi connectivity index (χ2v) is 4.36. The highest BCUT2D eigenvalue weighted by molar-refractivity contribution is 5.87. The molecule has 3 rings (SSSR count). The van der Waals surface area contributed by atoms with Crippen LogP contribution in [0.4, 0.5) is 0 Å². The quantitative estimate of drug-likeness (QED) is 0.857. The molecule has 2 aromatic rings. The van der Waals surface area contributed by atoms with Crippen molar-refractivity contribution in [2.24, 2.45) is 7.05 Å². The first-order valence-electron chi connectivity index (χ1n) is 5.96. The van der Waals surface area contributed by atoms with Gasteiger partial charge in [-0.3, -0.25) is 4.68 Å². The summed E-state index contributed by atoms with van der Waals surface area (Å²) in [5, 5.41) is 22.9. The third-order valence-electron chi connectivity index (χ3n) is 3.04. The van der Waals surface area contributed by atoms with Gasteiger partial charge in [-0.25, -0.2) is 4.79 Å². The van der Waals surface area contributed by atoms with E-state index in [1.807, 2.05) is 0 Å². The lowest BCUT2D eigenvalue weighted by Gasteiger charge is -2.19. The number of carboxylic acids is 1. The maximum Gasteiger partial charge on any atom is 0.356 e. The van der Waals surface area contributed by atoms with Gasteiger partial charge in [-0.05, 0) is 12.1 Å². The molecule has 0 radical (unpaired) electrons. The number of hydrogen-bond donors (Lipinski definition) is 2. The minimum atomic E-state index is -1.12. The molecule has 0 spiro atoms. The van der Waals surface area contributed by atoms with E-state index in [-0.39, 0.29) is 11.4 Å². The smallest absolute Gasteiger partial charge is 0.356 e. The number of phenols is 1. The summed E-state index contributed by atoms with van der Waals surface area (Å²) in [6.07, 6.45) is 0. The topological polar surface area (TPSA) is 93.8 Å². The Morgan fingerprint density at radius 2 is 1.90 bits per heavy atom. The average molecular weight is 276 g/mol. The van der Waals surface area contributed by atoms with Gasteiger partial charge in [0, 0.05) is 18.7 Å². The van der Waals surface area contributed by atoms with Crippen LogP contribution in [0.2, 0.25) is 0 Å². The number of aryl methyl sites for hydroxylation is 1. The Morgan fingerprint density at radius 1 is 1.25 bits per heavy atom. The van der Waals surface area contributed by atoms with Crippen molar-refractivity contribution in [1.29, 1.82) is 0 Å². The van der Waals surface area contributed by atoms with Crippen LogP contribution in [0.3, 0.4) is 0 Å². The molecule has 1 aromatic carbocycles. The van der Waals surface area contributed by atoms with Gasteiger partial charge >= 0.3 is 5.97 Å². The Hall–Kier alpha value is -2.70. The SMILES string of the molecule is Cn1nc(C(=O)O)cc1-c1cc2c(cc1O)OCCO2. The molecule has 1 aromatic heterocycles. The fourth-order valence-corrected chi connectivity index (χ4v) is 2.11. The van der Waals surface area contributed by atoms with Crippen LogP contribution in [-0.4, -0.2) is 39.2 Å². The maximum atomic E-state index is 10.9. The number of aromatic hydroxyl groups is 1. The number of ether oxygens (including phenoxy) is 2. The van der Waals surface area contributed by atoms with Crippen LogP contribution in [0.25, 0.3) is 11.3 Å². The van der Waals surface area contributed by atoms with Crippen molar-refractivity contribution in [3.05, 3.63) is 23.9 Å². The molecular formula is C13H12N2O5. The summed E-state index contributed by atoms with van der Waals surface area (Å²) < 4.78 is 12.2. The van der Waals surface area contributed by atoms with Crippen LogP contribution in [-0.2, 0) is 7.05 Å². The van der Waals surface area contributed by atoms with Crippen molar-refractivity contribution in [2.75, 3.05) is 13.2 Å². The van der Waals surface area contributed by atoms with Gasteiger partial charge in [0.15, 0.2) is 17.2 Å². The van der Waals surface area contributed by atoms with Gasteiger partial charge in [-0.1, -0.05) is 0 Å². The van der Waals surface area contributed by atoms with Crippen molar-refractivity contribution in [3.63, 3.8) is 0 Å². The van der Waals surface area contributed by atoms with Crippen molar-refractivity contribution in [3.8, 4) is 28.5 Å². The number of phenolic OH excluding ortho intramolecular Hbond substituents is 1. The minimum absolute atomic E-state index is 0.0193. The first kappa shape index (κ1) is 12.3. The maximum absolute atomic E-state index is 10.9. The molecule has 2 N–H and O–H groups in total. The Balaban J connectivity index is 2.12. The van der Waals surface area contributed by atoms with E-state index < -0.39 is 5.97 Å². The Kier molecular flexibility index (Phi) is 2.74. The van der Waals surface area contributed by atoms with Gasteiger partial charge in [0.1, 0.15) is 19.0 Å². The van der Waals surface area contributed by atoms with E-state index in [2.05, 4.69) is 5.10 Å². The van der Waals surface area contributed by atoms with E-state index >= 15 is 0 Å². The number of aromatic carboxylic acids is 1. The highest BCUT2D eigenvalue weighted by Gasteiger charge is 2.20. The fourth-order valence-electron chi connectivity index (χ4n) is 2.11. The highest BCUT2D eigenvalue weighted by Crippen LogP contribution is 2.40. The van der Waals surface area contributed by atoms with E-state index in [1.54, 1.807) is 13.1 Å². The molecule has 0 saturated heterocycles. The number of aromatic nitrogens is 2. The third kappa shape index (κ3) is 1.93. The molecule has 0 aliphatic carbocycles. The van der Waals surface area contributed by atoms with Crippen LogP contribution < -0.4 is 9.47 Å². The Labute approximate surface area is 114 Å². The summed E-state index contributed by atoms with van der Waals surface area (Å²) in [6.45, 7) is 0.865. The Bertz CT molecular complexity index is 692. The molecule has 7 heteroatoms. The number of rotatable bonds is 2. The summed E-state index contributed by atoms with van der Waals surface area (Å²) in [5.41, 5.74) is 0.838. The molecule has 0 fully saturated rings. The number of carbonyl (C=O) groups is 1. The number of benzene rings is 1. The summed E-state index contributed by atoms with van der Waals surface area (Å²) in [4.78, 5) is 10.9. The van der Waals surface area contributed by atoms with Crippen molar-refractivity contribution < 1.29 is 24.5 Å². The first-order chi connectivity index (χ1) is 9.56. The normalized spacial score (nSPS) is 13.2. The lowest BCUT2D eigenvalue weighted by Crippen LogP contribution is -2.15. The monoisotopic (exact) mass is 276 g/mol. The zero-order valence-electron chi connectivity index (χ0n) is 10.7. The molecule has 0 atom stereocenters. The van der Waals surface area contributed by atoms with Gasteiger partial charge in [0.2, 0.25) is 0 Å². The molecule has 0 bridgehead atoms. The van der Waals surface area contributed by atoms with E-state index in [4.69, 9.17) is 14.6 Å². The summed E-state index contributed by atoms with van der Waals surface area (Å²) in [7, 11) is 1.61. The van der Waals surface area contributed by atoms with Gasteiger partial charge in [0.05, 0.1) is 5.69 Å². The van der Waals surface area contributed by atoms with E-state index in [0.717, 1.165) is 0 Å². The summed E-state index contributed by atoms with van der Waals surface area (Å²) in [5.74, 6) is -0.154. The summed E-state index contributed by atoms with van der Waals surface area (Å²) in [6, 6.07) is 4.47. The second kappa shape index (κ2) is 4.44. The molecule has 0 unspecified atom stereocenters. The molecule has 20 heavy (non-hydrogen) atoms. The van der Waals surface area contributed by atoms with E-state index in [1.165, 1.54) is 16.8 Å². The molecule has 1 aliphatic rings. The third-order valence-corrected chi connectivity index (χ3v) is 3.04. The van der Waals surface area contributed by atoms with Gasteiger partial charge in [-0.15, -0.1) is 0 Å². The van der Waals surface area contributed by atoms with Crippen LogP contribution >= 0.6 is 0 Å². The standard InChI is InChI=1S/C13H12N2O5/c1-15-9(5-8(14-15)13(17)18)7-4-11-12(6-10(7)16)20-3-2-19-11/h4-6,16H,2-3H2,1H3,(H,17,18). The first-order valence-corrected chi connectivity index (χ1v) is 5.96. The largest absolute Gasteiger partial charge is 0.507 e. The van der Waals surface area contributed by atoms with Crippen LogP contribution in [0.1, 0.15) is 10.5 Å². The van der Waals surface area contributed by atoms with Crippen LogP contribution in [0, 0.1) is 0 Å². The highest BCUT2D eigenvalue weighted by atomic mass is 16.6. The van der Waals surface area contributed by atoms with Gasteiger partial charge in [-0.2, -0.15) is 5.10 Å². The van der Waals surface area contributed by atoms with Crippen LogP contribution in [0.5, 0.6) is 17.2 Å². The summed E-state index contributed by atoms with van der Waals surface area (Å²) >= 11 is 0. The number of nitrogens with zero attached hydrogens (tertiary/aromatic N) is 2.